The molecule has 0 aliphatic rings. The molecule has 0 aliphatic carbocycles. The number of benzene rings is 1. The summed E-state index contributed by atoms with van der Waals surface area (Å²) in [6, 6.07) is 8.46. The molecule has 2 aromatic rings. The van der Waals surface area contributed by atoms with Crippen molar-refractivity contribution in [2.24, 2.45) is 0 Å². The van der Waals surface area contributed by atoms with E-state index in [1.165, 1.54) is 5.56 Å². The van der Waals surface area contributed by atoms with Gasteiger partial charge in [0.2, 0.25) is 0 Å². The van der Waals surface area contributed by atoms with E-state index in [9.17, 15) is 0 Å². The molecule has 6 heteroatoms. The summed E-state index contributed by atoms with van der Waals surface area (Å²) in [6.45, 7) is 8.02. The van der Waals surface area contributed by atoms with E-state index < -0.39 is 0 Å². The Hall–Kier alpha value is -1.59. The van der Waals surface area contributed by atoms with Crippen LogP contribution in [0.3, 0.4) is 0 Å². The van der Waals surface area contributed by atoms with Gasteiger partial charge in [0, 0.05) is 18.8 Å². The molecule has 0 spiro atoms. The van der Waals surface area contributed by atoms with Crippen molar-refractivity contribution in [3.05, 3.63) is 46.7 Å². The fourth-order valence-electron chi connectivity index (χ4n) is 2.39. The molecule has 0 saturated carbocycles. The van der Waals surface area contributed by atoms with Gasteiger partial charge < -0.3 is 10.6 Å². The number of halogens is 1. The van der Waals surface area contributed by atoms with Gasteiger partial charge in [-0.05, 0) is 55.6 Å². The van der Waals surface area contributed by atoms with Crippen molar-refractivity contribution in [2.75, 3.05) is 11.9 Å². The molecular formula is C18H25ClN4S. The lowest BCUT2D eigenvalue weighted by Crippen LogP contribution is -2.29. The third-order valence-corrected chi connectivity index (χ3v) is 4.84. The van der Waals surface area contributed by atoms with Crippen LogP contribution in [0.25, 0.3) is 0 Å². The lowest BCUT2D eigenvalue weighted by atomic mass is 9.99. The predicted octanol–water partition coefficient (Wildman–Crippen LogP) is 4.74. The summed E-state index contributed by atoms with van der Waals surface area (Å²) in [6.07, 6.45) is 3.75. The zero-order valence-corrected chi connectivity index (χ0v) is 16.0. The highest BCUT2D eigenvalue weighted by atomic mass is 35.5. The number of aryl methyl sites for hydroxylation is 1. The highest BCUT2D eigenvalue weighted by Gasteiger charge is 2.04. The second kappa shape index (κ2) is 9.04. The van der Waals surface area contributed by atoms with Gasteiger partial charge in [0.1, 0.15) is 0 Å². The van der Waals surface area contributed by atoms with Gasteiger partial charge in [-0.25, -0.2) is 0 Å². The number of nitrogens with one attached hydrogen (secondary N) is 2. The Labute approximate surface area is 154 Å². The Morgan fingerprint density at radius 3 is 2.62 bits per heavy atom. The molecule has 1 heterocycles. The van der Waals surface area contributed by atoms with Crippen LogP contribution < -0.4 is 10.6 Å². The Kier molecular flexibility index (Phi) is 7.06. The van der Waals surface area contributed by atoms with Crippen LogP contribution in [0.15, 0.2) is 30.5 Å². The minimum atomic E-state index is 0.586. The highest BCUT2D eigenvalue weighted by Crippen LogP contribution is 2.20. The van der Waals surface area contributed by atoms with Crippen molar-refractivity contribution in [2.45, 2.75) is 46.1 Å². The molecule has 0 radical (unpaired) electrons. The molecule has 1 unspecified atom stereocenters. The molecule has 0 fully saturated rings. The third-order valence-electron chi connectivity index (χ3n) is 4.23. The number of anilines is 1. The number of rotatable bonds is 7. The first kappa shape index (κ1) is 18.7. The standard InChI is InChI=1S/C18H25ClN4S/c1-4-13(2)15-6-8-16(9-7-15)22-18(24)20-10-5-11-23-14(3)17(19)12-21-23/h6-9,12-13H,4-5,10-11H2,1-3H3,(H2,20,22,24). The lowest BCUT2D eigenvalue weighted by molar-refractivity contribution is 0.561. The van der Waals surface area contributed by atoms with Crippen LogP contribution in [0.5, 0.6) is 0 Å². The van der Waals surface area contributed by atoms with E-state index in [-0.39, 0.29) is 0 Å². The summed E-state index contributed by atoms with van der Waals surface area (Å²) < 4.78 is 1.91. The molecule has 1 aromatic heterocycles. The van der Waals surface area contributed by atoms with Crippen molar-refractivity contribution in [1.29, 1.82) is 0 Å². The quantitative estimate of drug-likeness (QED) is 0.550. The van der Waals surface area contributed by atoms with E-state index in [1.807, 2.05) is 11.6 Å². The van der Waals surface area contributed by atoms with Gasteiger partial charge in [0.25, 0.3) is 0 Å². The van der Waals surface area contributed by atoms with E-state index in [2.05, 4.69) is 53.8 Å². The van der Waals surface area contributed by atoms with Gasteiger partial charge in [-0.3, -0.25) is 4.68 Å². The van der Waals surface area contributed by atoms with E-state index >= 15 is 0 Å². The van der Waals surface area contributed by atoms with Crippen molar-refractivity contribution >= 4 is 34.6 Å². The Bertz CT molecular complexity index is 666. The van der Waals surface area contributed by atoms with Gasteiger partial charge >= 0.3 is 0 Å². The maximum Gasteiger partial charge on any atom is 0.170 e. The average molecular weight is 365 g/mol. The van der Waals surface area contributed by atoms with Crippen molar-refractivity contribution in [3.63, 3.8) is 0 Å². The SMILES string of the molecule is CCC(C)c1ccc(NC(=S)NCCCn2ncc(Cl)c2C)cc1. The molecule has 0 bridgehead atoms. The molecular weight excluding hydrogens is 340 g/mol. The first-order valence-electron chi connectivity index (χ1n) is 8.34. The molecule has 0 aliphatic heterocycles. The number of nitrogens with zero attached hydrogens (tertiary/aromatic N) is 2. The van der Waals surface area contributed by atoms with Crippen molar-refractivity contribution in [1.82, 2.24) is 15.1 Å². The zero-order valence-electron chi connectivity index (χ0n) is 14.5. The van der Waals surface area contributed by atoms with Crippen LogP contribution in [0.2, 0.25) is 5.02 Å². The summed E-state index contributed by atoms with van der Waals surface area (Å²) in [5.74, 6) is 0.586. The molecule has 0 saturated heterocycles. The minimum absolute atomic E-state index is 0.586. The van der Waals surface area contributed by atoms with E-state index in [0.717, 1.165) is 37.3 Å². The zero-order chi connectivity index (χ0) is 17.5. The maximum atomic E-state index is 5.99. The van der Waals surface area contributed by atoms with Gasteiger partial charge in [0.15, 0.2) is 5.11 Å². The van der Waals surface area contributed by atoms with Gasteiger partial charge in [-0.1, -0.05) is 37.6 Å². The number of aromatic nitrogens is 2. The average Bonchev–Trinajstić information content (AvgIpc) is 2.90. The summed E-state index contributed by atoms with van der Waals surface area (Å²) in [5, 5.41) is 12.0. The molecule has 2 N–H and O–H groups in total. The number of thiocarbonyl (C=S) groups is 1. The van der Waals surface area contributed by atoms with Crippen LogP contribution in [0, 0.1) is 6.92 Å². The van der Waals surface area contributed by atoms with Gasteiger partial charge in [0.05, 0.1) is 16.9 Å². The fourth-order valence-corrected chi connectivity index (χ4v) is 2.75. The van der Waals surface area contributed by atoms with Crippen LogP contribution in [-0.2, 0) is 6.54 Å². The predicted molar refractivity (Wildman–Crippen MR) is 106 cm³/mol. The second-order valence-corrected chi connectivity index (χ2v) is 6.78. The summed E-state index contributed by atoms with van der Waals surface area (Å²) >= 11 is 11.3. The largest absolute Gasteiger partial charge is 0.362 e. The topological polar surface area (TPSA) is 41.9 Å². The second-order valence-electron chi connectivity index (χ2n) is 5.97. The monoisotopic (exact) mass is 364 g/mol. The summed E-state index contributed by atoms with van der Waals surface area (Å²) in [4.78, 5) is 0. The van der Waals surface area contributed by atoms with Gasteiger partial charge in [-0.2, -0.15) is 5.10 Å². The van der Waals surface area contributed by atoms with E-state index in [1.54, 1.807) is 6.20 Å². The lowest BCUT2D eigenvalue weighted by Gasteiger charge is -2.13. The number of hydrogen-bond acceptors (Lipinski definition) is 2. The molecule has 0 amide bonds. The van der Waals surface area contributed by atoms with Crippen LogP contribution in [-0.4, -0.2) is 21.4 Å². The van der Waals surface area contributed by atoms with Crippen LogP contribution in [0.1, 0.15) is 43.9 Å². The fraction of sp³-hybridized carbons (Fsp3) is 0.444. The molecule has 130 valence electrons. The van der Waals surface area contributed by atoms with Crippen molar-refractivity contribution < 1.29 is 0 Å². The van der Waals surface area contributed by atoms with Gasteiger partial charge in [-0.15, -0.1) is 0 Å². The minimum Gasteiger partial charge on any atom is -0.362 e. The van der Waals surface area contributed by atoms with Crippen molar-refractivity contribution in [3.8, 4) is 0 Å². The highest BCUT2D eigenvalue weighted by molar-refractivity contribution is 7.80. The molecule has 4 nitrogen and oxygen atoms in total. The Morgan fingerprint density at radius 1 is 1.33 bits per heavy atom. The first-order chi connectivity index (χ1) is 11.5. The van der Waals surface area contributed by atoms with Crippen LogP contribution >= 0.6 is 23.8 Å². The Morgan fingerprint density at radius 2 is 2.04 bits per heavy atom. The molecule has 1 atom stereocenters. The number of hydrogen-bond donors (Lipinski definition) is 2. The summed E-state index contributed by atoms with van der Waals surface area (Å²) in [5.41, 5.74) is 3.36. The summed E-state index contributed by atoms with van der Waals surface area (Å²) in [7, 11) is 0. The third kappa shape index (κ3) is 5.21. The first-order valence-corrected chi connectivity index (χ1v) is 9.12. The smallest absolute Gasteiger partial charge is 0.170 e. The maximum absolute atomic E-state index is 5.99. The van der Waals surface area contributed by atoms with E-state index in [0.29, 0.717) is 16.1 Å². The molecule has 2 rings (SSSR count). The Balaban J connectivity index is 1.72. The molecule has 24 heavy (non-hydrogen) atoms. The van der Waals surface area contributed by atoms with E-state index in [4.69, 9.17) is 23.8 Å². The van der Waals surface area contributed by atoms with Crippen LogP contribution in [0.4, 0.5) is 5.69 Å². The molecule has 1 aromatic carbocycles. The normalized spacial score (nSPS) is 12.0.